The van der Waals surface area contributed by atoms with Gasteiger partial charge in [-0.3, -0.25) is 9.69 Å². The lowest BCUT2D eigenvalue weighted by molar-refractivity contribution is 0.0659. The molecule has 2 heterocycles. The number of nitrogens with two attached hydrogens (primary N) is 1. The quantitative estimate of drug-likeness (QED) is 0.857. The molecule has 2 rings (SSSR count). The van der Waals surface area contributed by atoms with Crippen molar-refractivity contribution in [2.24, 2.45) is 5.73 Å². The molecule has 1 aliphatic heterocycles. The molecule has 1 saturated heterocycles. The van der Waals surface area contributed by atoms with Gasteiger partial charge in [0.05, 0.1) is 9.87 Å². The first-order valence-corrected chi connectivity index (χ1v) is 7.57. The average Bonchev–Trinajstić information content (AvgIpc) is 2.69. The largest absolute Gasteiger partial charge is 0.392 e. The zero-order valence-electron chi connectivity index (χ0n) is 11.3. The van der Waals surface area contributed by atoms with E-state index in [1.165, 1.54) is 10.4 Å². The molecule has 0 atom stereocenters. The molecule has 1 aliphatic rings. The van der Waals surface area contributed by atoms with Crippen molar-refractivity contribution in [2.45, 2.75) is 13.8 Å². The topological polar surface area (TPSA) is 49.6 Å². The number of carbonyl (C=O) groups is 1. The lowest BCUT2D eigenvalue weighted by atomic mass is 10.2. The van der Waals surface area contributed by atoms with Gasteiger partial charge in [-0.1, -0.05) is 12.2 Å². The second-order valence-electron chi connectivity index (χ2n) is 4.88. The van der Waals surface area contributed by atoms with Crippen LogP contribution in [-0.2, 0) is 0 Å². The summed E-state index contributed by atoms with van der Waals surface area (Å²) in [6, 6.07) is 1.99. The number of aryl methyl sites for hydroxylation is 2. The standard InChI is InChI=1S/C13H19N3OS2/c1-9-7-11(19-10(9)2)13(17)16-5-3-15(4-6-16)8-12(14)18/h7H,3-6,8H2,1-2H3,(H2,14,18). The molecule has 0 unspecified atom stereocenters. The highest BCUT2D eigenvalue weighted by Crippen LogP contribution is 2.22. The number of piperazine rings is 1. The fourth-order valence-corrected chi connectivity index (χ4v) is 3.35. The first-order valence-electron chi connectivity index (χ1n) is 6.34. The fourth-order valence-electron chi connectivity index (χ4n) is 2.16. The maximum Gasteiger partial charge on any atom is 0.264 e. The summed E-state index contributed by atoms with van der Waals surface area (Å²) in [4.78, 5) is 19.1. The third kappa shape index (κ3) is 3.52. The van der Waals surface area contributed by atoms with Gasteiger partial charge in [0.1, 0.15) is 0 Å². The second kappa shape index (κ2) is 5.98. The van der Waals surface area contributed by atoms with E-state index in [1.807, 2.05) is 17.9 Å². The Balaban J connectivity index is 1.94. The molecule has 0 radical (unpaired) electrons. The third-order valence-electron chi connectivity index (χ3n) is 3.42. The van der Waals surface area contributed by atoms with Crippen LogP contribution in [0.4, 0.5) is 0 Å². The van der Waals surface area contributed by atoms with E-state index >= 15 is 0 Å². The highest BCUT2D eigenvalue weighted by Gasteiger charge is 2.23. The van der Waals surface area contributed by atoms with Crippen LogP contribution < -0.4 is 5.73 Å². The summed E-state index contributed by atoms with van der Waals surface area (Å²) in [7, 11) is 0. The normalized spacial score (nSPS) is 16.6. The Morgan fingerprint density at radius 1 is 1.37 bits per heavy atom. The van der Waals surface area contributed by atoms with Crippen LogP contribution in [0.3, 0.4) is 0 Å². The van der Waals surface area contributed by atoms with Gasteiger partial charge in [0.25, 0.3) is 5.91 Å². The van der Waals surface area contributed by atoms with Crippen molar-refractivity contribution in [3.63, 3.8) is 0 Å². The molecular formula is C13H19N3OS2. The molecule has 1 fully saturated rings. The van der Waals surface area contributed by atoms with E-state index in [-0.39, 0.29) is 5.91 Å². The molecule has 1 amide bonds. The van der Waals surface area contributed by atoms with Crippen molar-refractivity contribution in [3.05, 3.63) is 21.4 Å². The van der Waals surface area contributed by atoms with Crippen molar-refractivity contribution >= 4 is 34.5 Å². The lowest BCUT2D eigenvalue weighted by Crippen LogP contribution is -2.50. The molecule has 6 heteroatoms. The summed E-state index contributed by atoms with van der Waals surface area (Å²) in [5.41, 5.74) is 6.73. The minimum absolute atomic E-state index is 0.149. The van der Waals surface area contributed by atoms with Crippen LogP contribution in [0.5, 0.6) is 0 Å². The molecule has 104 valence electrons. The molecule has 4 nitrogen and oxygen atoms in total. The molecule has 2 N–H and O–H groups in total. The Hall–Kier alpha value is -0.980. The van der Waals surface area contributed by atoms with E-state index < -0.39 is 0 Å². The predicted molar refractivity (Wildman–Crippen MR) is 82.9 cm³/mol. The third-order valence-corrected chi connectivity index (χ3v) is 4.69. The van der Waals surface area contributed by atoms with Crippen molar-refractivity contribution in [1.29, 1.82) is 0 Å². The summed E-state index contributed by atoms with van der Waals surface area (Å²) < 4.78 is 0. The lowest BCUT2D eigenvalue weighted by Gasteiger charge is -2.34. The number of thiophene rings is 1. The molecule has 19 heavy (non-hydrogen) atoms. The Bertz CT molecular complexity index is 471. The number of hydrogen-bond donors (Lipinski definition) is 1. The van der Waals surface area contributed by atoms with Crippen LogP contribution >= 0.6 is 23.6 Å². The zero-order chi connectivity index (χ0) is 14.0. The number of nitrogens with zero attached hydrogens (tertiary/aromatic N) is 2. The number of amides is 1. The predicted octanol–water partition coefficient (Wildman–Crippen LogP) is 1.41. The van der Waals surface area contributed by atoms with Crippen LogP contribution in [0.2, 0.25) is 0 Å². The number of thiocarbonyl (C=S) groups is 1. The monoisotopic (exact) mass is 297 g/mol. The van der Waals surface area contributed by atoms with Crippen molar-refractivity contribution in [1.82, 2.24) is 9.80 Å². The number of rotatable bonds is 3. The molecular weight excluding hydrogens is 278 g/mol. The van der Waals surface area contributed by atoms with Gasteiger partial charge in [0.2, 0.25) is 0 Å². The first-order chi connectivity index (χ1) is 8.97. The van der Waals surface area contributed by atoms with E-state index in [1.54, 1.807) is 11.3 Å². The average molecular weight is 297 g/mol. The molecule has 1 aromatic rings. The van der Waals surface area contributed by atoms with Crippen LogP contribution in [0.25, 0.3) is 0 Å². The van der Waals surface area contributed by atoms with Crippen molar-refractivity contribution in [2.75, 3.05) is 32.7 Å². The van der Waals surface area contributed by atoms with Gasteiger partial charge in [0, 0.05) is 37.6 Å². The minimum Gasteiger partial charge on any atom is -0.392 e. The van der Waals surface area contributed by atoms with Crippen LogP contribution in [0.1, 0.15) is 20.1 Å². The van der Waals surface area contributed by atoms with Gasteiger partial charge in [-0.05, 0) is 25.5 Å². The fraction of sp³-hybridized carbons (Fsp3) is 0.538. The van der Waals surface area contributed by atoms with E-state index in [2.05, 4.69) is 11.8 Å². The van der Waals surface area contributed by atoms with Gasteiger partial charge < -0.3 is 10.6 Å². The number of hydrogen-bond acceptors (Lipinski definition) is 4. The Labute approximate surface area is 123 Å². The Morgan fingerprint density at radius 3 is 2.47 bits per heavy atom. The molecule has 0 spiro atoms. The number of carbonyl (C=O) groups excluding carboxylic acids is 1. The Kier molecular flexibility index (Phi) is 4.54. The van der Waals surface area contributed by atoms with Gasteiger partial charge in [-0.25, -0.2) is 0 Å². The van der Waals surface area contributed by atoms with Crippen LogP contribution in [0, 0.1) is 13.8 Å². The highest BCUT2D eigenvalue weighted by atomic mass is 32.1. The van der Waals surface area contributed by atoms with Gasteiger partial charge in [0.15, 0.2) is 0 Å². The maximum absolute atomic E-state index is 12.4. The smallest absolute Gasteiger partial charge is 0.264 e. The van der Waals surface area contributed by atoms with Gasteiger partial charge >= 0.3 is 0 Å². The molecule has 1 aromatic heterocycles. The zero-order valence-corrected chi connectivity index (χ0v) is 12.9. The molecule has 0 saturated carbocycles. The summed E-state index contributed by atoms with van der Waals surface area (Å²) in [6.07, 6.45) is 0. The van der Waals surface area contributed by atoms with E-state index in [9.17, 15) is 4.79 Å². The van der Waals surface area contributed by atoms with E-state index in [0.717, 1.165) is 31.1 Å². The Morgan fingerprint density at radius 2 is 2.00 bits per heavy atom. The van der Waals surface area contributed by atoms with Crippen LogP contribution in [0.15, 0.2) is 6.07 Å². The van der Waals surface area contributed by atoms with Crippen molar-refractivity contribution < 1.29 is 4.79 Å². The minimum atomic E-state index is 0.149. The molecule has 0 aliphatic carbocycles. The summed E-state index contributed by atoms with van der Waals surface area (Å²) >= 11 is 6.49. The van der Waals surface area contributed by atoms with E-state index in [4.69, 9.17) is 18.0 Å². The molecule has 0 bridgehead atoms. The summed E-state index contributed by atoms with van der Waals surface area (Å²) in [5, 5.41) is 0. The van der Waals surface area contributed by atoms with Crippen LogP contribution in [-0.4, -0.2) is 53.4 Å². The maximum atomic E-state index is 12.4. The second-order valence-corrected chi connectivity index (χ2v) is 6.67. The van der Waals surface area contributed by atoms with E-state index in [0.29, 0.717) is 11.5 Å². The van der Waals surface area contributed by atoms with Crippen molar-refractivity contribution in [3.8, 4) is 0 Å². The highest BCUT2D eigenvalue weighted by molar-refractivity contribution is 7.80. The summed E-state index contributed by atoms with van der Waals surface area (Å²) in [6.45, 7) is 7.92. The van der Waals surface area contributed by atoms with Gasteiger partial charge in [-0.2, -0.15) is 0 Å². The molecule has 0 aromatic carbocycles. The first kappa shape index (κ1) is 14.4. The van der Waals surface area contributed by atoms with Gasteiger partial charge in [-0.15, -0.1) is 11.3 Å². The summed E-state index contributed by atoms with van der Waals surface area (Å²) in [5.74, 6) is 0.149. The SMILES string of the molecule is Cc1cc(C(=O)N2CCN(CC(N)=S)CC2)sc1C.